The van der Waals surface area contributed by atoms with Crippen molar-refractivity contribution in [2.45, 2.75) is 52.1 Å². The van der Waals surface area contributed by atoms with Crippen LogP contribution in [0.3, 0.4) is 0 Å². The minimum Gasteiger partial charge on any atom is -0.497 e. The molecule has 9 nitrogen and oxygen atoms in total. The van der Waals surface area contributed by atoms with Crippen LogP contribution in [0.5, 0.6) is 5.75 Å². The number of nitrogens with one attached hydrogen (secondary N) is 1. The number of methoxy groups -OCH3 is 1. The predicted molar refractivity (Wildman–Crippen MR) is 149 cm³/mol. The summed E-state index contributed by atoms with van der Waals surface area (Å²) in [6.45, 7) is 8.04. The van der Waals surface area contributed by atoms with Gasteiger partial charge >= 0.3 is 0 Å². The van der Waals surface area contributed by atoms with Gasteiger partial charge in [-0.25, -0.2) is 0 Å². The highest BCUT2D eigenvalue weighted by molar-refractivity contribution is 7.09. The highest BCUT2D eigenvalue weighted by Crippen LogP contribution is 2.31. The molecular formula is C28H35N5O4S. The Morgan fingerprint density at radius 2 is 1.79 bits per heavy atom. The molecule has 1 atom stereocenters. The van der Waals surface area contributed by atoms with Gasteiger partial charge in [0.15, 0.2) is 5.69 Å². The standard InChI is InChI=1S/C28H35N5O4S/c1-6-28(3,4)31-26(35)23(19-11-13-20(37-5)14-12-19)33(16-15-18-10-8-7-9-17(18)2)27(36)24-21(29)22(25(30)34)32-38-24/h7-14,23H,6,15-16,29H2,1-5H3,(H2,30,34)(H,31,35). The summed E-state index contributed by atoms with van der Waals surface area (Å²) in [5.41, 5.74) is 13.5. The predicted octanol–water partition coefficient (Wildman–Crippen LogP) is 3.87. The van der Waals surface area contributed by atoms with Crippen LogP contribution < -0.4 is 21.5 Å². The van der Waals surface area contributed by atoms with E-state index in [0.717, 1.165) is 22.7 Å². The summed E-state index contributed by atoms with van der Waals surface area (Å²) in [6.07, 6.45) is 1.19. The quantitative estimate of drug-likeness (QED) is 0.339. The summed E-state index contributed by atoms with van der Waals surface area (Å²) in [5, 5.41) is 3.09. The van der Waals surface area contributed by atoms with E-state index >= 15 is 0 Å². The number of nitrogen functional groups attached to an aromatic ring is 1. The van der Waals surface area contributed by atoms with E-state index in [2.05, 4.69) is 9.69 Å². The molecule has 0 fully saturated rings. The molecule has 5 N–H and O–H groups in total. The molecule has 0 aliphatic heterocycles. The number of nitrogens with zero attached hydrogens (tertiary/aromatic N) is 2. The third-order valence-electron chi connectivity index (χ3n) is 6.64. The number of aromatic nitrogens is 1. The monoisotopic (exact) mass is 537 g/mol. The first-order valence-corrected chi connectivity index (χ1v) is 13.1. The van der Waals surface area contributed by atoms with Gasteiger partial charge in [-0.05, 0) is 74.0 Å². The maximum Gasteiger partial charge on any atom is 0.270 e. The largest absolute Gasteiger partial charge is 0.497 e. The number of aryl methyl sites for hydroxylation is 1. The zero-order valence-corrected chi connectivity index (χ0v) is 23.2. The number of primary amides is 1. The van der Waals surface area contributed by atoms with Gasteiger partial charge in [-0.15, -0.1) is 0 Å². The van der Waals surface area contributed by atoms with E-state index < -0.39 is 23.4 Å². The smallest absolute Gasteiger partial charge is 0.270 e. The third kappa shape index (κ3) is 6.49. The Labute approximate surface area is 227 Å². The van der Waals surface area contributed by atoms with Crippen molar-refractivity contribution in [3.63, 3.8) is 0 Å². The van der Waals surface area contributed by atoms with E-state index in [1.54, 1.807) is 31.4 Å². The fourth-order valence-corrected chi connectivity index (χ4v) is 4.75. The van der Waals surface area contributed by atoms with Crippen LogP contribution in [0.1, 0.15) is 70.1 Å². The van der Waals surface area contributed by atoms with Crippen molar-refractivity contribution in [2.75, 3.05) is 19.4 Å². The first-order valence-electron chi connectivity index (χ1n) is 12.4. The molecule has 202 valence electrons. The Kier molecular flexibility index (Phi) is 9.11. The molecule has 1 aromatic heterocycles. The molecule has 0 spiro atoms. The van der Waals surface area contributed by atoms with E-state index in [4.69, 9.17) is 16.2 Å². The number of hydrogen-bond donors (Lipinski definition) is 3. The maximum atomic E-state index is 14.0. The molecule has 1 unspecified atom stereocenters. The molecule has 0 bridgehead atoms. The number of carbonyl (C=O) groups excluding carboxylic acids is 3. The SMILES string of the molecule is CCC(C)(C)NC(=O)C(c1ccc(OC)cc1)N(CCc1ccccc1C)C(=O)c1snc(C(N)=O)c1N. The molecule has 3 rings (SSSR count). The summed E-state index contributed by atoms with van der Waals surface area (Å²) in [5.74, 6) is -1.04. The fourth-order valence-electron chi connectivity index (χ4n) is 3.99. The lowest BCUT2D eigenvalue weighted by Gasteiger charge is -2.34. The van der Waals surface area contributed by atoms with Crippen molar-refractivity contribution in [1.29, 1.82) is 0 Å². The van der Waals surface area contributed by atoms with Crippen LogP contribution >= 0.6 is 11.5 Å². The maximum absolute atomic E-state index is 14.0. The average Bonchev–Trinajstić information content (AvgIpc) is 3.28. The average molecular weight is 538 g/mol. The number of benzene rings is 2. The number of nitrogens with two attached hydrogens (primary N) is 2. The molecule has 0 radical (unpaired) electrons. The summed E-state index contributed by atoms with van der Waals surface area (Å²) in [4.78, 5) is 41.2. The van der Waals surface area contributed by atoms with Crippen molar-refractivity contribution in [1.82, 2.24) is 14.6 Å². The number of ether oxygens (including phenoxy) is 1. The molecule has 0 aliphatic rings. The molecule has 2 aromatic carbocycles. The van der Waals surface area contributed by atoms with Crippen LogP contribution in [-0.4, -0.2) is 46.2 Å². The second-order valence-electron chi connectivity index (χ2n) is 9.72. The van der Waals surface area contributed by atoms with Gasteiger partial charge in [0.2, 0.25) is 5.91 Å². The molecule has 3 amide bonds. The lowest BCUT2D eigenvalue weighted by Crippen LogP contribution is -2.50. The third-order valence-corrected chi connectivity index (χ3v) is 7.49. The van der Waals surface area contributed by atoms with Gasteiger partial charge in [0.25, 0.3) is 11.8 Å². The van der Waals surface area contributed by atoms with Crippen LogP contribution in [0.25, 0.3) is 0 Å². The van der Waals surface area contributed by atoms with Gasteiger partial charge in [0.05, 0.1) is 12.8 Å². The zero-order valence-electron chi connectivity index (χ0n) is 22.4. The Hall–Kier alpha value is -3.92. The normalized spacial score (nSPS) is 12.0. The van der Waals surface area contributed by atoms with Crippen LogP contribution in [0.15, 0.2) is 48.5 Å². The van der Waals surface area contributed by atoms with Gasteiger partial charge in [0, 0.05) is 12.1 Å². The molecular weight excluding hydrogens is 502 g/mol. The van der Waals surface area contributed by atoms with E-state index in [0.29, 0.717) is 24.2 Å². The second-order valence-corrected chi connectivity index (χ2v) is 10.5. The number of anilines is 1. The molecule has 0 aliphatic carbocycles. The summed E-state index contributed by atoms with van der Waals surface area (Å²) < 4.78 is 9.30. The van der Waals surface area contributed by atoms with Crippen molar-refractivity contribution in [3.8, 4) is 5.75 Å². The Morgan fingerprint density at radius 1 is 1.13 bits per heavy atom. The van der Waals surface area contributed by atoms with Gasteiger partial charge in [-0.3, -0.25) is 14.4 Å². The van der Waals surface area contributed by atoms with Crippen LogP contribution in [0, 0.1) is 6.92 Å². The van der Waals surface area contributed by atoms with Gasteiger partial charge < -0.3 is 26.4 Å². The number of carbonyl (C=O) groups is 3. The Balaban J connectivity index is 2.12. The van der Waals surface area contributed by atoms with E-state index in [-0.39, 0.29) is 28.7 Å². The first-order chi connectivity index (χ1) is 18.0. The minimum absolute atomic E-state index is 0.0599. The number of hydrogen-bond acceptors (Lipinski definition) is 7. The van der Waals surface area contributed by atoms with Crippen molar-refractivity contribution < 1.29 is 19.1 Å². The van der Waals surface area contributed by atoms with Gasteiger partial charge in [0.1, 0.15) is 16.7 Å². The lowest BCUT2D eigenvalue weighted by atomic mass is 9.97. The molecule has 3 aromatic rings. The highest BCUT2D eigenvalue weighted by Gasteiger charge is 2.36. The number of rotatable bonds is 11. The Bertz CT molecular complexity index is 1300. The molecule has 0 saturated heterocycles. The van der Waals surface area contributed by atoms with Crippen LogP contribution in [-0.2, 0) is 11.2 Å². The number of amides is 3. The van der Waals surface area contributed by atoms with Gasteiger partial charge in [-0.1, -0.05) is 43.3 Å². The van der Waals surface area contributed by atoms with Crippen molar-refractivity contribution in [2.24, 2.45) is 5.73 Å². The molecule has 1 heterocycles. The second kappa shape index (κ2) is 12.1. The van der Waals surface area contributed by atoms with Crippen molar-refractivity contribution in [3.05, 3.63) is 75.8 Å². The first kappa shape index (κ1) is 28.6. The van der Waals surface area contributed by atoms with Crippen molar-refractivity contribution >= 4 is 34.9 Å². The van der Waals surface area contributed by atoms with E-state index in [1.807, 2.05) is 52.0 Å². The van der Waals surface area contributed by atoms with E-state index in [1.165, 1.54) is 4.90 Å². The van der Waals surface area contributed by atoms with Crippen LogP contribution in [0.4, 0.5) is 5.69 Å². The molecule has 38 heavy (non-hydrogen) atoms. The Morgan fingerprint density at radius 3 is 2.34 bits per heavy atom. The molecule has 10 heteroatoms. The topological polar surface area (TPSA) is 141 Å². The summed E-state index contributed by atoms with van der Waals surface area (Å²) in [7, 11) is 1.56. The minimum atomic E-state index is -0.984. The summed E-state index contributed by atoms with van der Waals surface area (Å²) in [6, 6.07) is 13.9. The zero-order chi connectivity index (χ0) is 28.0. The lowest BCUT2D eigenvalue weighted by molar-refractivity contribution is -0.127. The van der Waals surface area contributed by atoms with Crippen LogP contribution in [0.2, 0.25) is 0 Å². The van der Waals surface area contributed by atoms with E-state index in [9.17, 15) is 14.4 Å². The fraction of sp³-hybridized carbons (Fsp3) is 0.357. The summed E-state index contributed by atoms with van der Waals surface area (Å²) >= 11 is 0.795. The highest BCUT2D eigenvalue weighted by atomic mass is 32.1. The van der Waals surface area contributed by atoms with Gasteiger partial charge in [-0.2, -0.15) is 4.37 Å². The molecule has 0 saturated carbocycles.